The van der Waals surface area contributed by atoms with Crippen LogP contribution in [0, 0.1) is 17.1 Å². The zero-order chi connectivity index (χ0) is 20.3. The Balaban J connectivity index is 1.84. The molecule has 0 aliphatic carbocycles. The first-order valence-electron chi connectivity index (χ1n) is 8.40. The third-order valence-electron chi connectivity index (χ3n) is 4.57. The summed E-state index contributed by atoms with van der Waals surface area (Å²) in [7, 11) is 0. The minimum atomic E-state index is -5.01. The van der Waals surface area contributed by atoms with Crippen LogP contribution in [-0.2, 0) is 4.79 Å². The summed E-state index contributed by atoms with van der Waals surface area (Å²) in [5.41, 5.74) is 0.756. The van der Waals surface area contributed by atoms with Gasteiger partial charge in [0.05, 0.1) is 6.04 Å². The van der Waals surface area contributed by atoms with Crippen LogP contribution in [0.1, 0.15) is 23.6 Å². The van der Waals surface area contributed by atoms with Crippen molar-refractivity contribution in [3.63, 3.8) is 0 Å². The van der Waals surface area contributed by atoms with Gasteiger partial charge in [0.15, 0.2) is 11.5 Å². The molecule has 1 amide bonds. The summed E-state index contributed by atoms with van der Waals surface area (Å²) in [6.45, 7) is 0.505. The van der Waals surface area contributed by atoms with Gasteiger partial charge in [-0.2, -0.15) is 18.4 Å². The fraction of sp³-hybridized carbons (Fsp3) is 0.333. The van der Waals surface area contributed by atoms with Crippen LogP contribution < -0.4 is 10.2 Å². The first-order valence-corrected chi connectivity index (χ1v) is 8.40. The van der Waals surface area contributed by atoms with E-state index in [9.17, 15) is 22.4 Å². The van der Waals surface area contributed by atoms with Gasteiger partial charge in [0.25, 0.3) is 0 Å². The van der Waals surface area contributed by atoms with Gasteiger partial charge < -0.3 is 10.2 Å². The van der Waals surface area contributed by atoms with Gasteiger partial charge in [0, 0.05) is 19.0 Å². The fourth-order valence-corrected chi connectivity index (χ4v) is 3.22. The number of nitrogens with zero attached hydrogens (tertiary/aromatic N) is 4. The van der Waals surface area contributed by atoms with E-state index in [1.165, 1.54) is 30.3 Å². The number of hydrogen-bond donors (Lipinski definition) is 1. The summed E-state index contributed by atoms with van der Waals surface area (Å²) in [6, 6.07) is 9.44. The van der Waals surface area contributed by atoms with Gasteiger partial charge in [-0.05, 0) is 36.2 Å². The molecule has 0 bridgehead atoms. The Hall–Kier alpha value is -3.22. The number of carbonyl (C=O) groups is 1. The largest absolute Gasteiger partial charge is 0.471 e. The number of hydrogen-bond acceptors (Lipinski definition) is 5. The number of anilines is 1. The molecule has 1 aliphatic rings. The van der Waals surface area contributed by atoms with Crippen molar-refractivity contribution < 1.29 is 22.4 Å². The normalized spacial score (nSPS) is 19.8. The van der Waals surface area contributed by atoms with E-state index in [0.717, 1.165) is 0 Å². The highest BCUT2D eigenvalue weighted by molar-refractivity contribution is 5.82. The van der Waals surface area contributed by atoms with Gasteiger partial charge in [-0.3, -0.25) is 4.79 Å². The number of alkyl halides is 3. The second-order valence-corrected chi connectivity index (χ2v) is 6.36. The summed E-state index contributed by atoms with van der Waals surface area (Å²) in [6.07, 6.45) is -4.60. The molecule has 0 radical (unpaired) electrons. The van der Waals surface area contributed by atoms with Crippen LogP contribution in [0.4, 0.5) is 23.4 Å². The lowest BCUT2D eigenvalue weighted by Gasteiger charge is -2.39. The standard InChI is InChI=1S/C18H15F4N5O/c19-12-3-1-11(2-4-12)14-7-8-27(16-6-5-13(9-23)25-26-16)10-15(14)24-17(28)18(20,21)22/h1-6,14-15H,7-8,10H2,(H,24,28). The van der Waals surface area contributed by atoms with Crippen molar-refractivity contribution in [1.29, 1.82) is 5.26 Å². The lowest BCUT2D eigenvalue weighted by atomic mass is 9.85. The molecule has 2 heterocycles. The molecule has 146 valence electrons. The monoisotopic (exact) mass is 393 g/mol. The fourth-order valence-electron chi connectivity index (χ4n) is 3.22. The van der Waals surface area contributed by atoms with E-state index >= 15 is 0 Å². The first kappa shape index (κ1) is 19.5. The number of nitrogens with one attached hydrogen (secondary N) is 1. The zero-order valence-electron chi connectivity index (χ0n) is 14.4. The van der Waals surface area contributed by atoms with E-state index in [4.69, 9.17) is 5.26 Å². The Morgan fingerprint density at radius 1 is 1.18 bits per heavy atom. The van der Waals surface area contributed by atoms with E-state index in [1.807, 2.05) is 11.4 Å². The van der Waals surface area contributed by atoms with E-state index in [-0.39, 0.29) is 12.2 Å². The molecule has 1 fully saturated rings. The molecule has 1 N–H and O–H groups in total. The Kier molecular flexibility index (Phi) is 5.44. The van der Waals surface area contributed by atoms with Crippen LogP contribution in [-0.4, -0.2) is 41.4 Å². The van der Waals surface area contributed by atoms with Crippen LogP contribution in [0.5, 0.6) is 0 Å². The molecular weight excluding hydrogens is 378 g/mol. The maximum absolute atomic E-state index is 13.2. The van der Waals surface area contributed by atoms with Gasteiger partial charge in [-0.1, -0.05) is 12.1 Å². The second kappa shape index (κ2) is 7.80. The number of halogens is 4. The van der Waals surface area contributed by atoms with Gasteiger partial charge in [0.1, 0.15) is 11.9 Å². The zero-order valence-corrected chi connectivity index (χ0v) is 14.4. The van der Waals surface area contributed by atoms with Crippen molar-refractivity contribution in [2.75, 3.05) is 18.0 Å². The Morgan fingerprint density at radius 2 is 1.89 bits per heavy atom. The van der Waals surface area contributed by atoms with Crippen molar-refractivity contribution in [3.8, 4) is 6.07 Å². The molecule has 0 saturated carbocycles. The van der Waals surface area contributed by atoms with Crippen molar-refractivity contribution >= 4 is 11.7 Å². The molecule has 2 aromatic rings. The molecule has 3 rings (SSSR count). The number of piperidine rings is 1. The molecular formula is C18H15F4N5O. The summed E-state index contributed by atoms with van der Waals surface area (Å²) < 4.78 is 51.5. The molecule has 1 saturated heterocycles. The average molecular weight is 393 g/mol. The molecule has 1 aromatic heterocycles. The highest BCUT2D eigenvalue weighted by atomic mass is 19.4. The summed E-state index contributed by atoms with van der Waals surface area (Å²) in [5, 5.41) is 18.5. The molecule has 2 unspecified atom stereocenters. The first-order chi connectivity index (χ1) is 13.3. The maximum atomic E-state index is 13.2. The Morgan fingerprint density at radius 3 is 2.46 bits per heavy atom. The third kappa shape index (κ3) is 4.36. The highest BCUT2D eigenvalue weighted by Gasteiger charge is 2.42. The summed E-state index contributed by atoms with van der Waals surface area (Å²) in [4.78, 5) is 13.2. The molecule has 28 heavy (non-hydrogen) atoms. The molecule has 10 heteroatoms. The Bertz CT molecular complexity index is 877. The van der Waals surface area contributed by atoms with E-state index in [0.29, 0.717) is 24.3 Å². The number of carbonyl (C=O) groups excluding carboxylic acids is 1. The quantitative estimate of drug-likeness (QED) is 0.811. The Labute approximate surface area is 157 Å². The summed E-state index contributed by atoms with van der Waals surface area (Å²) in [5.74, 6) is -2.51. The highest BCUT2D eigenvalue weighted by Crippen LogP contribution is 2.31. The molecule has 0 spiro atoms. The number of nitriles is 1. The van der Waals surface area contributed by atoms with Gasteiger partial charge in [0.2, 0.25) is 0 Å². The van der Waals surface area contributed by atoms with Crippen molar-refractivity contribution in [3.05, 3.63) is 53.5 Å². The lowest BCUT2D eigenvalue weighted by molar-refractivity contribution is -0.174. The van der Waals surface area contributed by atoms with E-state index in [1.54, 1.807) is 11.0 Å². The predicted octanol–water partition coefficient (Wildman–Crippen LogP) is 2.53. The van der Waals surface area contributed by atoms with Crippen LogP contribution in [0.15, 0.2) is 36.4 Å². The van der Waals surface area contributed by atoms with Crippen molar-refractivity contribution in [2.45, 2.75) is 24.6 Å². The SMILES string of the molecule is N#Cc1ccc(N2CCC(c3ccc(F)cc3)C(NC(=O)C(F)(F)F)C2)nn1. The average Bonchev–Trinajstić information content (AvgIpc) is 2.68. The minimum absolute atomic E-state index is 0.0600. The minimum Gasteiger partial charge on any atom is -0.353 e. The number of aromatic nitrogens is 2. The van der Waals surface area contributed by atoms with Gasteiger partial charge in [-0.15, -0.1) is 10.2 Å². The van der Waals surface area contributed by atoms with Crippen LogP contribution >= 0.6 is 0 Å². The van der Waals surface area contributed by atoms with Crippen LogP contribution in [0.2, 0.25) is 0 Å². The molecule has 2 atom stereocenters. The number of amides is 1. The predicted molar refractivity (Wildman–Crippen MR) is 90.7 cm³/mol. The second-order valence-electron chi connectivity index (χ2n) is 6.36. The maximum Gasteiger partial charge on any atom is 0.471 e. The smallest absolute Gasteiger partial charge is 0.353 e. The van der Waals surface area contributed by atoms with Gasteiger partial charge >= 0.3 is 12.1 Å². The number of rotatable bonds is 3. The lowest BCUT2D eigenvalue weighted by Crippen LogP contribution is -2.54. The topological polar surface area (TPSA) is 81.9 Å². The van der Waals surface area contributed by atoms with Crippen LogP contribution in [0.3, 0.4) is 0 Å². The van der Waals surface area contributed by atoms with E-state index in [2.05, 4.69) is 10.2 Å². The molecule has 6 nitrogen and oxygen atoms in total. The van der Waals surface area contributed by atoms with Crippen molar-refractivity contribution in [1.82, 2.24) is 15.5 Å². The number of benzene rings is 1. The molecule has 1 aromatic carbocycles. The molecule has 1 aliphatic heterocycles. The van der Waals surface area contributed by atoms with Crippen LogP contribution in [0.25, 0.3) is 0 Å². The van der Waals surface area contributed by atoms with Crippen molar-refractivity contribution in [2.24, 2.45) is 0 Å². The van der Waals surface area contributed by atoms with E-state index < -0.39 is 29.9 Å². The van der Waals surface area contributed by atoms with Gasteiger partial charge in [-0.25, -0.2) is 4.39 Å². The summed E-state index contributed by atoms with van der Waals surface area (Å²) >= 11 is 0. The third-order valence-corrected chi connectivity index (χ3v) is 4.57.